The number of nitrogens with zero attached hydrogens (tertiary/aromatic N) is 4. The zero-order valence-electron chi connectivity index (χ0n) is 24.7. The van der Waals surface area contributed by atoms with Crippen LogP contribution in [0.5, 0.6) is 5.75 Å². The van der Waals surface area contributed by atoms with Crippen molar-refractivity contribution in [3.8, 4) is 5.75 Å². The van der Waals surface area contributed by atoms with Gasteiger partial charge < -0.3 is 29.9 Å². The summed E-state index contributed by atoms with van der Waals surface area (Å²) in [5.74, 6) is 1.33. The van der Waals surface area contributed by atoms with E-state index in [0.29, 0.717) is 36.9 Å². The Bertz CT molecular complexity index is 1290. The minimum Gasteiger partial charge on any atom is -0.497 e. The summed E-state index contributed by atoms with van der Waals surface area (Å²) in [4.78, 5) is 24.1. The third-order valence-corrected chi connectivity index (χ3v) is 7.32. The predicted octanol–water partition coefficient (Wildman–Crippen LogP) is 4.17. The summed E-state index contributed by atoms with van der Waals surface area (Å²) in [6.45, 7) is 15.1. The molecule has 2 heterocycles. The van der Waals surface area contributed by atoms with Crippen LogP contribution < -0.4 is 15.4 Å². The fourth-order valence-electron chi connectivity index (χ4n) is 4.82. The van der Waals surface area contributed by atoms with E-state index in [-0.39, 0.29) is 5.91 Å². The van der Waals surface area contributed by atoms with E-state index in [4.69, 9.17) is 9.47 Å². The molecule has 9 nitrogen and oxygen atoms in total. The molecule has 0 radical (unpaired) electrons. The van der Waals surface area contributed by atoms with Crippen LogP contribution in [0.2, 0.25) is 0 Å². The molecule has 2 aliphatic rings. The molecule has 1 fully saturated rings. The Morgan fingerprint density at radius 3 is 2.54 bits per heavy atom. The molecule has 41 heavy (non-hydrogen) atoms. The summed E-state index contributed by atoms with van der Waals surface area (Å²) in [6.07, 6.45) is 5.67. The van der Waals surface area contributed by atoms with E-state index < -0.39 is 0 Å². The number of aliphatic imine (C=N–C) groups is 1. The van der Waals surface area contributed by atoms with Crippen LogP contribution in [0, 0.1) is 6.92 Å². The molecule has 0 aromatic heterocycles. The first-order valence-corrected chi connectivity index (χ1v) is 14.1. The highest BCUT2D eigenvalue weighted by molar-refractivity contribution is 6.09. The number of benzene rings is 2. The molecule has 2 aromatic rings. The van der Waals surface area contributed by atoms with E-state index in [1.165, 1.54) is 0 Å². The number of nitrogens with one attached hydrogen (secondary N) is 2. The zero-order valence-corrected chi connectivity index (χ0v) is 24.7. The standard InChI is InChI=1S/C32H42N6O3/c1-6-30(26-7-10-28(40-5)11-8-26)38-15-13-33-31(25(38)3)35-27-9-12-29(24(2)23-27)32(39)34-14-21-41-22-20-37-18-16-36(4)17-19-37/h6-13,15,23H,3,14,16-22H2,1-2,4-5H3,(H,33,35)(H,34,39)/b30-6-. The summed E-state index contributed by atoms with van der Waals surface area (Å²) in [5, 5.41) is 6.33. The van der Waals surface area contributed by atoms with Crippen molar-refractivity contribution in [1.29, 1.82) is 0 Å². The van der Waals surface area contributed by atoms with Gasteiger partial charge in [0, 0.05) is 68.6 Å². The van der Waals surface area contributed by atoms with E-state index in [0.717, 1.165) is 61.0 Å². The van der Waals surface area contributed by atoms with Crippen LogP contribution in [0.3, 0.4) is 0 Å². The van der Waals surface area contributed by atoms with Gasteiger partial charge >= 0.3 is 0 Å². The summed E-state index contributed by atoms with van der Waals surface area (Å²) in [5.41, 5.74) is 5.05. The number of amides is 1. The lowest BCUT2D eigenvalue weighted by atomic mass is 10.1. The lowest BCUT2D eigenvalue weighted by Gasteiger charge is -2.32. The molecular weight excluding hydrogens is 516 g/mol. The normalized spacial score (nSPS) is 16.5. The second-order valence-corrected chi connectivity index (χ2v) is 10.2. The number of anilines is 1. The molecule has 0 bridgehead atoms. The van der Waals surface area contributed by atoms with Crippen LogP contribution in [0.4, 0.5) is 5.69 Å². The van der Waals surface area contributed by atoms with Gasteiger partial charge in [0.25, 0.3) is 5.91 Å². The Morgan fingerprint density at radius 2 is 1.85 bits per heavy atom. The first-order chi connectivity index (χ1) is 19.9. The quantitative estimate of drug-likeness (QED) is 0.401. The summed E-state index contributed by atoms with van der Waals surface area (Å²) < 4.78 is 11.0. The molecule has 0 aliphatic carbocycles. The molecule has 2 N–H and O–H groups in total. The number of carbonyl (C=O) groups excluding carboxylic acids is 1. The predicted molar refractivity (Wildman–Crippen MR) is 166 cm³/mol. The summed E-state index contributed by atoms with van der Waals surface area (Å²) in [6, 6.07) is 13.6. The number of amidine groups is 1. The first-order valence-electron chi connectivity index (χ1n) is 14.1. The number of hydrogen-bond acceptors (Lipinski definition) is 8. The fraction of sp³-hybridized carbons (Fsp3) is 0.375. The molecular formula is C32H42N6O3. The number of allylic oxidation sites excluding steroid dienone is 1. The molecule has 0 atom stereocenters. The van der Waals surface area contributed by atoms with Gasteiger partial charge in [0.15, 0.2) is 5.84 Å². The Balaban J connectivity index is 1.26. The van der Waals surface area contributed by atoms with Crippen LogP contribution in [-0.4, -0.2) is 93.1 Å². The lowest BCUT2D eigenvalue weighted by Crippen LogP contribution is -2.45. The van der Waals surface area contributed by atoms with Gasteiger partial charge in [-0.15, -0.1) is 0 Å². The van der Waals surface area contributed by atoms with Crippen molar-refractivity contribution in [2.45, 2.75) is 13.8 Å². The smallest absolute Gasteiger partial charge is 0.251 e. The van der Waals surface area contributed by atoms with Crippen molar-refractivity contribution in [2.75, 3.05) is 72.0 Å². The molecule has 0 saturated carbocycles. The van der Waals surface area contributed by atoms with E-state index in [1.54, 1.807) is 13.3 Å². The summed E-state index contributed by atoms with van der Waals surface area (Å²) >= 11 is 0. The first kappa shape index (κ1) is 30.0. The van der Waals surface area contributed by atoms with Gasteiger partial charge in [0.2, 0.25) is 0 Å². The molecule has 4 rings (SSSR count). The van der Waals surface area contributed by atoms with Crippen molar-refractivity contribution < 1.29 is 14.3 Å². The average molecular weight is 559 g/mol. The van der Waals surface area contributed by atoms with Crippen molar-refractivity contribution >= 4 is 23.1 Å². The van der Waals surface area contributed by atoms with Gasteiger partial charge in [-0.2, -0.15) is 0 Å². The summed E-state index contributed by atoms with van der Waals surface area (Å²) in [7, 11) is 3.81. The number of rotatable bonds is 11. The highest BCUT2D eigenvalue weighted by Crippen LogP contribution is 2.28. The maximum atomic E-state index is 12.8. The molecule has 1 saturated heterocycles. The Kier molecular flexibility index (Phi) is 10.7. The van der Waals surface area contributed by atoms with Crippen molar-refractivity contribution in [3.63, 3.8) is 0 Å². The number of methoxy groups -OCH3 is 1. The molecule has 2 aromatic carbocycles. The molecule has 0 unspecified atom stereocenters. The third kappa shape index (κ3) is 8.07. The molecule has 1 amide bonds. The van der Waals surface area contributed by atoms with Crippen molar-refractivity contribution in [3.05, 3.63) is 89.9 Å². The minimum absolute atomic E-state index is 0.109. The van der Waals surface area contributed by atoms with Crippen LogP contribution in [0.25, 0.3) is 5.70 Å². The molecule has 218 valence electrons. The van der Waals surface area contributed by atoms with Gasteiger partial charge in [-0.25, -0.2) is 4.99 Å². The molecule has 9 heteroatoms. The van der Waals surface area contributed by atoms with E-state index in [1.807, 2.05) is 73.5 Å². The largest absolute Gasteiger partial charge is 0.497 e. The van der Waals surface area contributed by atoms with Crippen molar-refractivity contribution in [2.24, 2.45) is 4.99 Å². The number of hydrogen-bond donors (Lipinski definition) is 2. The second-order valence-electron chi connectivity index (χ2n) is 10.2. The number of ether oxygens (including phenoxy) is 2. The van der Waals surface area contributed by atoms with E-state index in [2.05, 4.69) is 39.1 Å². The maximum Gasteiger partial charge on any atom is 0.251 e. The van der Waals surface area contributed by atoms with Crippen LogP contribution >= 0.6 is 0 Å². The monoisotopic (exact) mass is 558 g/mol. The van der Waals surface area contributed by atoms with Crippen LogP contribution in [-0.2, 0) is 4.74 Å². The van der Waals surface area contributed by atoms with Crippen LogP contribution in [0.15, 0.2) is 78.2 Å². The fourth-order valence-corrected chi connectivity index (χ4v) is 4.82. The highest BCUT2D eigenvalue weighted by atomic mass is 16.5. The van der Waals surface area contributed by atoms with Gasteiger partial charge in [-0.3, -0.25) is 9.69 Å². The Morgan fingerprint density at radius 1 is 1.10 bits per heavy atom. The number of carbonyl (C=O) groups is 1. The van der Waals surface area contributed by atoms with Gasteiger partial charge in [0.1, 0.15) is 5.75 Å². The number of piperazine rings is 1. The SMILES string of the molecule is C=C1C(Nc2ccc(C(=O)NCCOCCN3CCN(C)CC3)c(C)c2)=NC=CN1/C(=C\C)c1ccc(OC)cc1. The number of likely N-dealkylation sites (N-methyl/N-ethyl adjacent to an activating group) is 1. The minimum atomic E-state index is -0.109. The Hall–Kier alpha value is -3.92. The van der Waals surface area contributed by atoms with Gasteiger partial charge in [-0.05, 0) is 74.5 Å². The lowest BCUT2D eigenvalue weighted by molar-refractivity contribution is 0.0783. The zero-order chi connectivity index (χ0) is 29.2. The molecule has 2 aliphatic heterocycles. The van der Waals surface area contributed by atoms with E-state index >= 15 is 0 Å². The maximum absolute atomic E-state index is 12.8. The molecule has 0 spiro atoms. The highest BCUT2D eigenvalue weighted by Gasteiger charge is 2.20. The van der Waals surface area contributed by atoms with Crippen LogP contribution in [0.1, 0.15) is 28.4 Å². The third-order valence-electron chi connectivity index (χ3n) is 7.32. The Labute approximate surface area is 243 Å². The second kappa shape index (κ2) is 14.6. The topological polar surface area (TPSA) is 81.7 Å². The van der Waals surface area contributed by atoms with Gasteiger partial charge in [0.05, 0.1) is 26.0 Å². The van der Waals surface area contributed by atoms with E-state index in [9.17, 15) is 4.79 Å². The van der Waals surface area contributed by atoms with Crippen molar-refractivity contribution in [1.82, 2.24) is 20.0 Å². The average Bonchev–Trinajstić information content (AvgIpc) is 2.98. The number of aryl methyl sites for hydroxylation is 1. The van der Waals surface area contributed by atoms with Gasteiger partial charge in [-0.1, -0.05) is 12.7 Å².